The van der Waals surface area contributed by atoms with E-state index in [4.69, 9.17) is 0 Å². The summed E-state index contributed by atoms with van der Waals surface area (Å²) >= 11 is 0. The van der Waals surface area contributed by atoms with Crippen LogP contribution in [0.15, 0.2) is 30.3 Å². The minimum absolute atomic E-state index is 0.730. The molecule has 1 heterocycles. The molecule has 1 aromatic carbocycles. The molecular weight excluding hydrogens is 244 g/mol. The number of anilines is 1. The number of rotatable bonds is 2. The molecule has 0 aromatic heterocycles. The molecule has 106 valence electrons. The Balaban J connectivity index is 1.62. The van der Waals surface area contributed by atoms with Gasteiger partial charge in [-0.2, -0.15) is 0 Å². The van der Waals surface area contributed by atoms with Crippen molar-refractivity contribution < 1.29 is 0 Å². The van der Waals surface area contributed by atoms with Crippen LogP contribution in [0, 0.1) is 5.41 Å². The Labute approximate surface area is 121 Å². The Morgan fingerprint density at radius 2 is 1.80 bits per heavy atom. The van der Waals surface area contributed by atoms with Crippen molar-refractivity contribution in [1.29, 1.82) is 0 Å². The van der Waals surface area contributed by atoms with Crippen molar-refractivity contribution in [1.82, 2.24) is 5.32 Å². The fraction of sp³-hybridized carbons (Fsp3) is 0.556. The minimum Gasteiger partial charge on any atom is -0.368 e. The third kappa shape index (κ3) is 2.26. The van der Waals surface area contributed by atoms with Gasteiger partial charge >= 0.3 is 0 Å². The highest BCUT2D eigenvalue weighted by Gasteiger charge is 2.42. The molecule has 2 nitrogen and oxygen atoms in total. The van der Waals surface area contributed by atoms with Gasteiger partial charge in [-0.3, -0.25) is 0 Å². The van der Waals surface area contributed by atoms with Gasteiger partial charge < -0.3 is 10.2 Å². The third-order valence-electron chi connectivity index (χ3n) is 5.37. The molecule has 1 saturated heterocycles. The van der Waals surface area contributed by atoms with Crippen molar-refractivity contribution in [3.8, 4) is 0 Å². The van der Waals surface area contributed by atoms with Gasteiger partial charge in [0, 0.05) is 37.4 Å². The van der Waals surface area contributed by atoms with Crippen LogP contribution in [-0.4, -0.2) is 26.2 Å². The number of hydrogen-bond donors (Lipinski definition) is 1. The SMILES string of the molecule is C1=C(c2ccccc2N2CCNCC2)CCC2(C1)CC2. The summed E-state index contributed by atoms with van der Waals surface area (Å²) < 4.78 is 0. The highest BCUT2D eigenvalue weighted by atomic mass is 15.2. The first-order chi connectivity index (χ1) is 9.86. The maximum atomic E-state index is 3.45. The van der Waals surface area contributed by atoms with Crippen LogP contribution in [0.25, 0.3) is 5.57 Å². The zero-order valence-corrected chi connectivity index (χ0v) is 12.2. The molecule has 2 fully saturated rings. The van der Waals surface area contributed by atoms with E-state index >= 15 is 0 Å². The van der Waals surface area contributed by atoms with Crippen LogP contribution in [0.5, 0.6) is 0 Å². The average Bonchev–Trinajstić information content (AvgIpc) is 3.28. The Hall–Kier alpha value is -1.28. The number of para-hydroxylation sites is 1. The standard InChI is InChI=1S/C18H24N2/c1-2-4-17(20-13-11-19-12-14-20)16(3-1)15-5-7-18(8-6-15)9-10-18/h1-5,19H,6-14H2. The van der Waals surface area contributed by atoms with Crippen molar-refractivity contribution in [3.63, 3.8) is 0 Å². The first kappa shape index (κ1) is 12.5. The summed E-state index contributed by atoms with van der Waals surface area (Å²) in [7, 11) is 0. The largest absolute Gasteiger partial charge is 0.368 e. The third-order valence-corrected chi connectivity index (χ3v) is 5.37. The molecule has 4 rings (SSSR count). The fourth-order valence-corrected chi connectivity index (χ4v) is 3.75. The summed E-state index contributed by atoms with van der Waals surface area (Å²) in [6.45, 7) is 4.48. The van der Waals surface area contributed by atoms with E-state index in [2.05, 4.69) is 40.6 Å². The predicted octanol–water partition coefficient (Wildman–Crippen LogP) is 3.44. The number of nitrogens with zero attached hydrogens (tertiary/aromatic N) is 1. The molecular formula is C18H24N2. The molecule has 1 saturated carbocycles. The second kappa shape index (κ2) is 4.92. The van der Waals surface area contributed by atoms with E-state index in [1.807, 2.05) is 0 Å². The van der Waals surface area contributed by atoms with Crippen LogP contribution in [0.2, 0.25) is 0 Å². The lowest BCUT2D eigenvalue weighted by Crippen LogP contribution is -2.43. The number of benzene rings is 1. The molecule has 0 amide bonds. The molecule has 20 heavy (non-hydrogen) atoms. The van der Waals surface area contributed by atoms with Crippen molar-refractivity contribution in [2.75, 3.05) is 31.1 Å². The van der Waals surface area contributed by atoms with Crippen LogP contribution in [0.1, 0.15) is 37.7 Å². The quantitative estimate of drug-likeness (QED) is 0.884. The van der Waals surface area contributed by atoms with Crippen LogP contribution in [0.4, 0.5) is 5.69 Å². The lowest BCUT2D eigenvalue weighted by molar-refractivity contribution is 0.466. The Morgan fingerprint density at radius 3 is 2.50 bits per heavy atom. The number of piperazine rings is 1. The zero-order chi connectivity index (χ0) is 13.4. The van der Waals surface area contributed by atoms with E-state index in [9.17, 15) is 0 Å². The molecule has 2 aliphatic carbocycles. The smallest absolute Gasteiger partial charge is 0.0443 e. The van der Waals surface area contributed by atoms with Gasteiger partial charge in [-0.25, -0.2) is 0 Å². The highest BCUT2D eigenvalue weighted by molar-refractivity contribution is 5.77. The van der Waals surface area contributed by atoms with Crippen LogP contribution in [-0.2, 0) is 0 Å². The zero-order valence-electron chi connectivity index (χ0n) is 12.2. The first-order valence-electron chi connectivity index (χ1n) is 8.11. The molecule has 0 bridgehead atoms. The number of hydrogen-bond acceptors (Lipinski definition) is 2. The molecule has 0 unspecified atom stereocenters. The number of allylic oxidation sites excluding steroid dienone is 2. The van der Waals surface area contributed by atoms with E-state index in [-0.39, 0.29) is 0 Å². The van der Waals surface area contributed by atoms with Crippen LogP contribution < -0.4 is 10.2 Å². The molecule has 3 aliphatic rings. The number of nitrogens with one attached hydrogen (secondary N) is 1. The highest BCUT2D eigenvalue weighted by Crippen LogP contribution is 2.56. The normalized spacial score (nSPS) is 24.6. The average molecular weight is 268 g/mol. The van der Waals surface area contributed by atoms with E-state index in [1.54, 1.807) is 5.57 Å². The van der Waals surface area contributed by atoms with E-state index in [0.29, 0.717) is 0 Å². The summed E-state index contributed by atoms with van der Waals surface area (Å²) in [6.07, 6.45) is 9.49. The van der Waals surface area contributed by atoms with Crippen LogP contribution >= 0.6 is 0 Å². The molecule has 1 spiro atoms. The Kier molecular flexibility index (Phi) is 3.07. The lowest BCUT2D eigenvalue weighted by atomic mass is 9.84. The maximum Gasteiger partial charge on any atom is 0.0443 e. The van der Waals surface area contributed by atoms with E-state index in [0.717, 1.165) is 31.6 Å². The molecule has 1 aromatic rings. The fourth-order valence-electron chi connectivity index (χ4n) is 3.75. The van der Waals surface area contributed by atoms with Gasteiger partial charge in [-0.15, -0.1) is 0 Å². The van der Waals surface area contributed by atoms with Crippen molar-refractivity contribution in [3.05, 3.63) is 35.9 Å². The maximum absolute atomic E-state index is 3.45. The van der Waals surface area contributed by atoms with Crippen molar-refractivity contribution in [2.24, 2.45) is 5.41 Å². The van der Waals surface area contributed by atoms with Gasteiger partial charge in [-0.1, -0.05) is 24.3 Å². The van der Waals surface area contributed by atoms with Gasteiger partial charge in [0.2, 0.25) is 0 Å². The molecule has 1 aliphatic heterocycles. The molecule has 2 heteroatoms. The summed E-state index contributed by atoms with van der Waals surface area (Å²) in [5.41, 5.74) is 5.27. The molecule has 0 atom stereocenters. The van der Waals surface area contributed by atoms with Crippen molar-refractivity contribution >= 4 is 11.3 Å². The van der Waals surface area contributed by atoms with E-state index < -0.39 is 0 Å². The van der Waals surface area contributed by atoms with Gasteiger partial charge in [-0.05, 0) is 49.2 Å². The summed E-state index contributed by atoms with van der Waals surface area (Å²) in [4.78, 5) is 2.55. The van der Waals surface area contributed by atoms with Gasteiger partial charge in [0.15, 0.2) is 0 Å². The van der Waals surface area contributed by atoms with Gasteiger partial charge in [0.25, 0.3) is 0 Å². The molecule has 1 N–H and O–H groups in total. The van der Waals surface area contributed by atoms with Crippen molar-refractivity contribution in [2.45, 2.75) is 32.1 Å². The van der Waals surface area contributed by atoms with Gasteiger partial charge in [0.1, 0.15) is 0 Å². The molecule has 0 radical (unpaired) electrons. The van der Waals surface area contributed by atoms with Crippen LogP contribution in [0.3, 0.4) is 0 Å². The van der Waals surface area contributed by atoms with E-state index in [1.165, 1.54) is 43.4 Å². The monoisotopic (exact) mass is 268 g/mol. The second-order valence-corrected chi connectivity index (χ2v) is 6.69. The minimum atomic E-state index is 0.730. The topological polar surface area (TPSA) is 15.3 Å². The lowest BCUT2D eigenvalue weighted by Gasteiger charge is -2.32. The second-order valence-electron chi connectivity index (χ2n) is 6.69. The Morgan fingerprint density at radius 1 is 1.00 bits per heavy atom. The predicted molar refractivity (Wildman–Crippen MR) is 85.0 cm³/mol. The first-order valence-corrected chi connectivity index (χ1v) is 8.11. The Bertz CT molecular complexity index is 522. The summed E-state index contributed by atoms with van der Waals surface area (Å²) in [5, 5.41) is 3.45. The van der Waals surface area contributed by atoms with Gasteiger partial charge in [0.05, 0.1) is 0 Å². The summed E-state index contributed by atoms with van der Waals surface area (Å²) in [6, 6.07) is 9.02. The summed E-state index contributed by atoms with van der Waals surface area (Å²) in [5.74, 6) is 0.